The Morgan fingerprint density at radius 3 is 2.65 bits per heavy atom. The molecular weight excluding hydrogens is 332 g/mol. The van der Waals surface area contributed by atoms with Crippen molar-refractivity contribution in [2.24, 2.45) is 0 Å². The Hall–Kier alpha value is -2.83. The van der Waals surface area contributed by atoms with E-state index in [4.69, 9.17) is 4.74 Å². The molecule has 0 fully saturated rings. The number of nitrogens with zero attached hydrogens (tertiary/aromatic N) is 2. The Morgan fingerprint density at radius 2 is 2.00 bits per heavy atom. The van der Waals surface area contributed by atoms with Crippen LogP contribution < -0.4 is 10.6 Å². The van der Waals surface area contributed by atoms with E-state index in [1.165, 1.54) is 0 Å². The number of amides is 2. The molecule has 26 heavy (non-hydrogen) atoms. The molecule has 0 radical (unpaired) electrons. The second-order valence-corrected chi connectivity index (χ2v) is 7.14. The summed E-state index contributed by atoms with van der Waals surface area (Å²) in [4.78, 5) is 27.9. The van der Waals surface area contributed by atoms with Gasteiger partial charge < -0.3 is 19.9 Å². The van der Waals surface area contributed by atoms with Crippen molar-refractivity contribution in [3.8, 4) is 0 Å². The van der Waals surface area contributed by atoms with E-state index in [0.29, 0.717) is 6.54 Å². The molecule has 0 saturated heterocycles. The molecule has 1 heterocycles. The minimum Gasteiger partial charge on any atom is -0.444 e. The van der Waals surface area contributed by atoms with Crippen molar-refractivity contribution < 1.29 is 14.3 Å². The highest BCUT2D eigenvalue weighted by Gasteiger charge is 2.20. The maximum absolute atomic E-state index is 12.2. The van der Waals surface area contributed by atoms with Gasteiger partial charge in [-0.3, -0.25) is 4.79 Å². The third-order valence-electron chi connectivity index (χ3n) is 3.51. The Bertz CT molecular complexity index is 735. The van der Waals surface area contributed by atoms with Crippen molar-refractivity contribution in [1.82, 2.24) is 20.2 Å². The Morgan fingerprint density at radius 1 is 1.27 bits per heavy atom. The number of rotatable bonds is 6. The van der Waals surface area contributed by atoms with Crippen molar-refractivity contribution in [3.05, 3.63) is 54.1 Å². The molecule has 1 aromatic carbocycles. The van der Waals surface area contributed by atoms with Crippen molar-refractivity contribution in [2.45, 2.75) is 52.4 Å². The minimum atomic E-state index is -0.681. The zero-order valence-corrected chi connectivity index (χ0v) is 15.7. The maximum atomic E-state index is 12.2. The van der Waals surface area contributed by atoms with Gasteiger partial charge in [-0.15, -0.1) is 0 Å². The summed E-state index contributed by atoms with van der Waals surface area (Å²) in [6.45, 7) is 8.04. The molecule has 0 aliphatic rings. The predicted octanol–water partition coefficient (Wildman–Crippen LogP) is 2.46. The fraction of sp³-hybridized carbons (Fsp3) is 0.421. The molecule has 1 atom stereocenters. The van der Waals surface area contributed by atoms with E-state index in [-0.39, 0.29) is 5.91 Å². The van der Waals surface area contributed by atoms with Gasteiger partial charge in [0.05, 0.1) is 6.33 Å². The first-order valence-corrected chi connectivity index (χ1v) is 8.54. The van der Waals surface area contributed by atoms with Gasteiger partial charge in [-0.1, -0.05) is 24.3 Å². The maximum Gasteiger partial charge on any atom is 0.408 e. The molecule has 0 spiro atoms. The van der Waals surface area contributed by atoms with Gasteiger partial charge in [-0.05, 0) is 38.8 Å². The molecule has 0 saturated carbocycles. The van der Waals surface area contributed by atoms with Crippen LogP contribution in [-0.4, -0.2) is 33.2 Å². The van der Waals surface area contributed by atoms with Crippen LogP contribution in [0.5, 0.6) is 0 Å². The van der Waals surface area contributed by atoms with Crippen LogP contribution in [0.2, 0.25) is 0 Å². The van der Waals surface area contributed by atoms with Crippen LogP contribution in [0.4, 0.5) is 4.79 Å². The second-order valence-electron chi connectivity index (χ2n) is 7.14. The van der Waals surface area contributed by atoms with E-state index >= 15 is 0 Å². The second kappa shape index (κ2) is 8.51. The standard InChI is InChI=1S/C19H26N4O3/c1-14(22-18(25)26-19(2,3)4)17(24)21-11-15-6-5-7-16(10-15)12-23-9-8-20-13-23/h5-10,13-14H,11-12H2,1-4H3,(H,21,24)(H,22,25)/t14-/m1/s1. The fourth-order valence-electron chi connectivity index (χ4n) is 2.32. The highest BCUT2D eigenvalue weighted by atomic mass is 16.6. The molecule has 1 aromatic heterocycles. The van der Waals surface area contributed by atoms with Crippen molar-refractivity contribution >= 4 is 12.0 Å². The van der Waals surface area contributed by atoms with Gasteiger partial charge in [-0.2, -0.15) is 0 Å². The van der Waals surface area contributed by atoms with Gasteiger partial charge >= 0.3 is 6.09 Å². The van der Waals surface area contributed by atoms with E-state index in [1.807, 2.05) is 35.0 Å². The molecule has 2 rings (SSSR count). The van der Waals surface area contributed by atoms with Gasteiger partial charge in [0, 0.05) is 25.5 Å². The van der Waals surface area contributed by atoms with Crippen LogP contribution in [0, 0.1) is 0 Å². The van der Waals surface area contributed by atoms with Crippen molar-refractivity contribution in [1.29, 1.82) is 0 Å². The summed E-state index contributed by atoms with van der Waals surface area (Å²) in [5.41, 5.74) is 1.51. The molecule has 0 aliphatic carbocycles. The van der Waals surface area contributed by atoms with Crippen LogP contribution in [0.15, 0.2) is 43.0 Å². The summed E-state index contributed by atoms with van der Waals surface area (Å²) in [5, 5.41) is 5.35. The largest absolute Gasteiger partial charge is 0.444 e. The molecule has 0 unspecified atom stereocenters. The van der Waals surface area contributed by atoms with Crippen LogP contribution in [0.25, 0.3) is 0 Å². The number of hydrogen-bond donors (Lipinski definition) is 2. The number of aromatic nitrogens is 2. The zero-order valence-electron chi connectivity index (χ0n) is 15.7. The number of carbonyl (C=O) groups excluding carboxylic acids is 2. The monoisotopic (exact) mass is 358 g/mol. The third kappa shape index (κ3) is 6.58. The summed E-state index contributed by atoms with van der Waals surface area (Å²) in [6.07, 6.45) is 4.79. The molecule has 7 nitrogen and oxygen atoms in total. The van der Waals surface area contributed by atoms with Crippen molar-refractivity contribution in [2.75, 3.05) is 0 Å². The summed E-state index contributed by atoms with van der Waals surface area (Å²) in [5.74, 6) is -0.268. The van der Waals surface area contributed by atoms with Gasteiger partial charge in [-0.25, -0.2) is 9.78 Å². The van der Waals surface area contributed by atoms with Crippen LogP contribution in [0.1, 0.15) is 38.8 Å². The first-order valence-electron chi connectivity index (χ1n) is 8.54. The lowest BCUT2D eigenvalue weighted by Crippen LogP contribution is -2.46. The lowest BCUT2D eigenvalue weighted by molar-refractivity contribution is -0.122. The molecule has 0 aliphatic heterocycles. The van der Waals surface area contributed by atoms with Crippen LogP contribution >= 0.6 is 0 Å². The van der Waals surface area contributed by atoms with Crippen molar-refractivity contribution in [3.63, 3.8) is 0 Å². The number of alkyl carbamates (subject to hydrolysis) is 1. The summed E-state index contributed by atoms with van der Waals surface area (Å²) >= 11 is 0. The van der Waals surface area contributed by atoms with Gasteiger partial charge in [0.25, 0.3) is 0 Å². The van der Waals surface area contributed by atoms with Crippen LogP contribution in [0.3, 0.4) is 0 Å². The lowest BCUT2D eigenvalue weighted by atomic mass is 10.1. The van der Waals surface area contributed by atoms with Gasteiger partial charge in [0.15, 0.2) is 0 Å². The quantitative estimate of drug-likeness (QED) is 0.831. The average molecular weight is 358 g/mol. The topological polar surface area (TPSA) is 85.2 Å². The SMILES string of the molecule is C[C@@H](NC(=O)OC(C)(C)C)C(=O)NCc1cccc(Cn2ccnc2)c1. The molecular formula is C19H26N4O3. The fourth-order valence-corrected chi connectivity index (χ4v) is 2.32. The summed E-state index contributed by atoms with van der Waals surface area (Å²) in [7, 11) is 0. The van der Waals surface area contributed by atoms with E-state index in [2.05, 4.69) is 15.6 Å². The Labute approximate surface area is 153 Å². The molecule has 2 amide bonds. The zero-order chi connectivity index (χ0) is 19.2. The van der Waals surface area contributed by atoms with Crippen LogP contribution in [-0.2, 0) is 22.6 Å². The lowest BCUT2D eigenvalue weighted by Gasteiger charge is -2.21. The molecule has 2 N–H and O–H groups in total. The van der Waals surface area contributed by atoms with E-state index in [0.717, 1.165) is 17.7 Å². The Balaban J connectivity index is 1.84. The van der Waals surface area contributed by atoms with Gasteiger partial charge in [0.1, 0.15) is 11.6 Å². The average Bonchev–Trinajstić information content (AvgIpc) is 3.04. The molecule has 7 heteroatoms. The number of imidazole rings is 1. The number of ether oxygens (including phenoxy) is 1. The molecule has 0 bridgehead atoms. The molecule has 2 aromatic rings. The number of benzene rings is 1. The highest BCUT2D eigenvalue weighted by molar-refractivity contribution is 5.85. The van der Waals surface area contributed by atoms with E-state index in [9.17, 15) is 9.59 Å². The van der Waals surface area contributed by atoms with E-state index < -0.39 is 17.7 Å². The Kier molecular flexibility index (Phi) is 6.38. The normalized spacial score (nSPS) is 12.3. The number of nitrogens with one attached hydrogen (secondary N) is 2. The first-order chi connectivity index (χ1) is 12.2. The summed E-state index contributed by atoms with van der Waals surface area (Å²) < 4.78 is 7.13. The smallest absolute Gasteiger partial charge is 0.408 e. The minimum absolute atomic E-state index is 0.268. The highest BCUT2D eigenvalue weighted by Crippen LogP contribution is 2.08. The third-order valence-corrected chi connectivity index (χ3v) is 3.51. The number of carbonyl (C=O) groups is 2. The first kappa shape index (κ1) is 19.5. The predicted molar refractivity (Wildman–Crippen MR) is 98.4 cm³/mol. The van der Waals surface area contributed by atoms with Gasteiger partial charge in [0.2, 0.25) is 5.91 Å². The number of hydrogen-bond acceptors (Lipinski definition) is 4. The van der Waals surface area contributed by atoms with E-state index in [1.54, 1.807) is 40.2 Å². The molecule has 140 valence electrons. The summed E-state index contributed by atoms with van der Waals surface area (Å²) in [6, 6.07) is 7.28.